The number of carbonyl (C=O) groups excluding carboxylic acids is 2. The number of aromatic nitrogens is 1. The largest absolute Gasteiger partial charge is 0.423 e. The van der Waals surface area contributed by atoms with Gasteiger partial charge in [0.2, 0.25) is 0 Å². The molecule has 0 saturated heterocycles. The van der Waals surface area contributed by atoms with Gasteiger partial charge in [0.15, 0.2) is 0 Å². The predicted octanol–water partition coefficient (Wildman–Crippen LogP) is 5.28. The molecule has 3 aromatic carbocycles. The van der Waals surface area contributed by atoms with Crippen molar-refractivity contribution >= 4 is 28.5 Å². The number of aryl methyl sites for hydroxylation is 1. The lowest BCUT2D eigenvalue weighted by Crippen LogP contribution is -2.13. The molecule has 33 heavy (non-hydrogen) atoms. The summed E-state index contributed by atoms with van der Waals surface area (Å²) < 4.78 is 34.4. The van der Waals surface area contributed by atoms with Crippen molar-refractivity contribution in [3.8, 4) is 11.8 Å². The molecule has 0 radical (unpaired) electrons. The lowest BCUT2D eigenvalue weighted by atomic mass is 10.1. The van der Waals surface area contributed by atoms with E-state index in [4.69, 9.17) is 10.00 Å². The molecule has 164 valence electrons. The maximum absolute atomic E-state index is 14.0. The third kappa shape index (κ3) is 4.43. The Kier molecular flexibility index (Phi) is 5.87. The lowest BCUT2D eigenvalue weighted by molar-refractivity contribution is 0.0735. The number of amides is 1. The molecule has 1 aromatic heterocycles. The summed E-state index contributed by atoms with van der Waals surface area (Å²) in [4.78, 5) is 25.4. The second kappa shape index (κ2) is 8.93. The maximum Gasteiger partial charge on any atom is 0.343 e. The zero-order valence-corrected chi connectivity index (χ0v) is 17.4. The molecule has 0 unspecified atom stereocenters. The molecule has 0 aliphatic heterocycles. The summed E-state index contributed by atoms with van der Waals surface area (Å²) in [5, 5.41) is 11.8. The Hall–Kier alpha value is -4.51. The van der Waals surface area contributed by atoms with Gasteiger partial charge in [0.05, 0.1) is 28.4 Å². The van der Waals surface area contributed by atoms with Gasteiger partial charge in [0.1, 0.15) is 17.4 Å². The Labute approximate surface area is 187 Å². The second-order valence-electron chi connectivity index (χ2n) is 7.16. The van der Waals surface area contributed by atoms with Gasteiger partial charge in [0.25, 0.3) is 5.91 Å². The highest BCUT2D eigenvalue weighted by Gasteiger charge is 2.18. The molecular weight excluding hydrogens is 428 g/mol. The summed E-state index contributed by atoms with van der Waals surface area (Å²) in [6, 6.07) is 15.7. The van der Waals surface area contributed by atoms with Crippen LogP contribution in [-0.4, -0.2) is 16.4 Å². The molecule has 0 bridgehead atoms. The molecule has 4 aromatic rings. The molecule has 6 nitrogen and oxygen atoms in total. The number of nitrogens with one attached hydrogen (secondary N) is 1. The van der Waals surface area contributed by atoms with Gasteiger partial charge >= 0.3 is 5.97 Å². The number of nitrogens with zero attached hydrogens (tertiary/aromatic N) is 2. The van der Waals surface area contributed by atoms with Crippen molar-refractivity contribution in [1.29, 1.82) is 5.26 Å². The molecule has 1 heterocycles. The fourth-order valence-corrected chi connectivity index (χ4v) is 3.41. The first kappa shape index (κ1) is 21.7. The van der Waals surface area contributed by atoms with E-state index < -0.39 is 23.5 Å². The minimum atomic E-state index is -0.889. The smallest absolute Gasteiger partial charge is 0.343 e. The number of rotatable bonds is 5. The summed E-state index contributed by atoms with van der Waals surface area (Å²) in [5.74, 6) is -2.63. The van der Waals surface area contributed by atoms with E-state index in [1.54, 1.807) is 24.4 Å². The van der Waals surface area contributed by atoms with Crippen molar-refractivity contribution in [3.05, 3.63) is 95.2 Å². The molecule has 0 aliphatic rings. The van der Waals surface area contributed by atoms with Crippen LogP contribution in [0.1, 0.15) is 33.2 Å². The Morgan fingerprint density at radius 3 is 2.48 bits per heavy atom. The van der Waals surface area contributed by atoms with Crippen LogP contribution < -0.4 is 10.1 Å². The first-order valence-electron chi connectivity index (χ1n) is 10.0. The van der Waals surface area contributed by atoms with Gasteiger partial charge in [-0.3, -0.25) is 4.79 Å². The number of fused-ring (bicyclic) bond motifs is 1. The zero-order chi connectivity index (χ0) is 23.5. The normalized spacial score (nSPS) is 10.6. The van der Waals surface area contributed by atoms with Gasteiger partial charge in [-0.15, -0.1) is 0 Å². The summed E-state index contributed by atoms with van der Waals surface area (Å²) in [5.41, 5.74) is 1.50. The standard InChI is InChI=1S/C25H17F2N3O3/c1-2-30-14-20(24(31)29-22-9-7-17(26)11-21(22)27)19-12-18(8-10-23(19)30)33-25(32)16-5-3-15(13-28)4-6-16/h3-12,14H,2H2,1H3,(H,29,31). The van der Waals surface area contributed by atoms with Crippen LogP contribution in [0, 0.1) is 23.0 Å². The Bertz CT molecular complexity index is 1420. The van der Waals surface area contributed by atoms with Gasteiger partial charge in [-0.1, -0.05) is 0 Å². The highest BCUT2D eigenvalue weighted by Crippen LogP contribution is 2.28. The summed E-state index contributed by atoms with van der Waals surface area (Å²) >= 11 is 0. The first-order chi connectivity index (χ1) is 15.9. The fraction of sp³-hybridized carbons (Fsp3) is 0.0800. The minimum absolute atomic E-state index is 0.151. The van der Waals surface area contributed by atoms with Crippen LogP contribution in [0.3, 0.4) is 0 Å². The second-order valence-corrected chi connectivity index (χ2v) is 7.16. The quantitative estimate of drug-likeness (QED) is 0.335. The van der Waals surface area contributed by atoms with Gasteiger partial charge in [-0.2, -0.15) is 5.26 Å². The minimum Gasteiger partial charge on any atom is -0.423 e. The zero-order valence-electron chi connectivity index (χ0n) is 17.4. The van der Waals surface area contributed by atoms with Crippen LogP contribution >= 0.6 is 0 Å². The Morgan fingerprint density at radius 1 is 1.06 bits per heavy atom. The van der Waals surface area contributed by atoms with Crippen LogP contribution in [0.5, 0.6) is 5.75 Å². The number of benzene rings is 3. The van der Waals surface area contributed by atoms with E-state index in [0.29, 0.717) is 23.6 Å². The number of nitriles is 1. The van der Waals surface area contributed by atoms with Crippen molar-refractivity contribution in [1.82, 2.24) is 4.57 Å². The fourth-order valence-electron chi connectivity index (χ4n) is 3.41. The summed E-state index contributed by atoms with van der Waals surface area (Å²) in [6.07, 6.45) is 1.62. The third-order valence-electron chi connectivity index (χ3n) is 5.08. The van der Waals surface area contributed by atoms with Crippen molar-refractivity contribution in [2.45, 2.75) is 13.5 Å². The molecule has 4 rings (SSSR count). The van der Waals surface area contributed by atoms with E-state index in [1.165, 1.54) is 24.3 Å². The van der Waals surface area contributed by atoms with Crippen molar-refractivity contribution < 1.29 is 23.1 Å². The number of ether oxygens (including phenoxy) is 1. The monoisotopic (exact) mass is 445 g/mol. The Morgan fingerprint density at radius 2 is 1.82 bits per heavy atom. The number of halogens is 2. The van der Waals surface area contributed by atoms with Crippen molar-refractivity contribution in [2.75, 3.05) is 5.32 Å². The summed E-state index contributed by atoms with van der Waals surface area (Å²) in [7, 11) is 0. The molecule has 1 N–H and O–H groups in total. The van der Waals surface area contributed by atoms with Gasteiger partial charge < -0.3 is 14.6 Å². The van der Waals surface area contributed by atoms with Gasteiger partial charge in [0, 0.05) is 29.7 Å². The van der Waals surface area contributed by atoms with E-state index in [9.17, 15) is 18.4 Å². The van der Waals surface area contributed by atoms with Gasteiger partial charge in [-0.25, -0.2) is 13.6 Å². The molecule has 0 atom stereocenters. The molecule has 0 saturated carbocycles. The maximum atomic E-state index is 14.0. The van der Waals surface area contributed by atoms with E-state index in [2.05, 4.69) is 5.32 Å². The van der Waals surface area contributed by atoms with Crippen LogP contribution in [0.2, 0.25) is 0 Å². The number of carbonyl (C=O) groups is 2. The van der Waals surface area contributed by atoms with E-state index in [1.807, 2.05) is 17.6 Å². The molecule has 0 aliphatic carbocycles. The van der Waals surface area contributed by atoms with E-state index >= 15 is 0 Å². The van der Waals surface area contributed by atoms with Crippen LogP contribution in [0.4, 0.5) is 14.5 Å². The number of hydrogen-bond donors (Lipinski definition) is 1. The average molecular weight is 445 g/mol. The molecule has 0 fully saturated rings. The lowest BCUT2D eigenvalue weighted by Gasteiger charge is -2.07. The van der Waals surface area contributed by atoms with Crippen LogP contribution in [-0.2, 0) is 6.54 Å². The van der Waals surface area contributed by atoms with E-state index in [0.717, 1.165) is 17.6 Å². The van der Waals surface area contributed by atoms with Crippen molar-refractivity contribution in [2.24, 2.45) is 0 Å². The highest BCUT2D eigenvalue weighted by atomic mass is 19.1. The molecular formula is C25H17F2N3O3. The van der Waals surface area contributed by atoms with Crippen LogP contribution in [0.25, 0.3) is 10.9 Å². The van der Waals surface area contributed by atoms with Crippen molar-refractivity contribution in [3.63, 3.8) is 0 Å². The Balaban J connectivity index is 1.64. The molecule has 1 amide bonds. The number of esters is 1. The highest BCUT2D eigenvalue weighted by molar-refractivity contribution is 6.13. The molecule has 8 heteroatoms. The first-order valence-corrected chi connectivity index (χ1v) is 10.0. The third-order valence-corrected chi connectivity index (χ3v) is 5.08. The number of anilines is 1. The number of hydrogen-bond acceptors (Lipinski definition) is 4. The predicted molar refractivity (Wildman–Crippen MR) is 118 cm³/mol. The SMILES string of the molecule is CCn1cc(C(=O)Nc2ccc(F)cc2F)c2cc(OC(=O)c3ccc(C#N)cc3)ccc21. The topological polar surface area (TPSA) is 84.1 Å². The summed E-state index contributed by atoms with van der Waals surface area (Å²) in [6.45, 7) is 2.47. The van der Waals surface area contributed by atoms with Crippen LogP contribution in [0.15, 0.2) is 66.9 Å². The van der Waals surface area contributed by atoms with Gasteiger partial charge in [-0.05, 0) is 61.5 Å². The average Bonchev–Trinajstić information content (AvgIpc) is 3.19. The molecule has 0 spiro atoms. The van der Waals surface area contributed by atoms with E-state index in [-0.39, 0.29) is 22.6 Å².